The van der Waals surface area contributed by atoms with Crippen LogP contribution in [0, 0.1) is 0 Å². The molecule has 1 unspecified atom stereocenters. The van der Waals surface area contributed by atoms with Crippen LogP contribution in [0.2, 0.25) is 0 Å². The van der Waals surface area contributed by atoms with Gasteiger partial charge in [0.2, 0.25) is 0 Å². The van der Waals surface area contributed by atoms with Crippen LogP contribution in [0.15, 0.2) is 61.6 Å². The highest BCUT2D eigenvalue weighted by Gasteiger charge is 2.15. The molecule has 1 aromatic heterocycles. The summed E-state index contributed by atoms with van der Waals surface area (Å²) in [6, 6.07) is 12.9. The Morgan fingerprint density at radius 2 is 1.50 bits per heavy atom. The molecule has 5 heteroatoms. The van der Waals surface area contributed by atoms with Gasteiger partial charge < -0.3 is 9.80 Å². The van der Waals surface area contributed by atoms with E-state index in [1.807, 2.05) is 18.0 Å². The van der Waals surface area contributed by atoms with Gasteiger partial charge >= 0.3 is 0 Å². The largest absolute Gasteiger partial charge is 0.378 e. The van der Waals surface area contributed by atoms with Crippen molar-refractivity contribution in [2.45, 2.75) is 12.0 Å². The summed E-state index contributed by atoms with van der Waals surface area (Å²) in [6.07, 6.45) is 10.5. The lowest BCUT2D eigenvalue weighted by Crippen LogP contribution is -2.39. The van der Waals surface area contributed by atoms with Crippen LogP contribution in [0.3, 0.4) is 0 Å². The van der Waals surface area contributed by atoms with E-state index in [1.54, 1.807) is 0 Å². The van der Waals surface area contributed by atoms with E-state index < -0.39 is 0 Å². The lowest BCUT2D eigenvalue weighted by Gasteiger charge is -2.31. The van der Waals surface area contributed by atoms with Crippen molar-refractivity contribution in [2.75, 3.05) is 45.9 Å². The lowest BCUT2D eigenvalue weighted by molar-refractivity contribution is -0.692. The van der Waals surface area contributed by atoms with Gasteiger partial charge in [-0.3, -0.25) is 4.90 Å². The molecule has 0 bridgehead atoms. The number of pyridine rings is 1. The van der Waals surface area contributed by atoms with E-state index in [1.165, 1.54) is 16.8 Å². The summed E-state index contributed by atoms with van der Waals surface area (Å²) in [5.41, 5.74) is 3.93. The molecule has 1 atom stereocenters. The number of benzene rings is 1. The van der Waals surface area contributed by atoms with E-state index in [0.29, 0.717) is 5.50 Å². The molecule has 2 rings (SSSR count). The molecule has 0 saturated carbocycles. The Hall–Kier alpha value is -2.24. The van der Waals surface area contributed by atoms with Crippen LogP contribution >= 0.6 is 11.8 Å². The Labute approximate surface area is 174 Å². The number of thioether (sulfide) groups is 1. The zero-order chi connectivity index (χ0) is 20.5. The average molecular weight is 398 g/mol. The van der Waals surface area contributed by atoms with Crippen LogP contribution < -0.4 is 9.47 Å². The second kappa shape index (κ2) is 10.9. The van der Waals surface area contributed by atoms with Gasteiger partial charge in [-0.25, -0.2) is 4.57 Å². The molecule has 28 heavy (non-hydrogen) atoms. The summed E-state index contributed by atoms with van der Waals surface area (Å²) in [6.45, 7) is 4.85. The molecule has 0 saturated heterocycles. The molecule has 0 aliphatic heterocycles. The Morgan fingerprint density at radius 3 is 2.00 bits per heavy atom. The van der Waals surface area contributed by atoms with Gasteiger partial charge in [0.25, 0.3) is 0 Å². The molecular weight excluding hydrogens is 364 g/mol. The first-order valence-electron chi connectivity index (χ1n) is 9.48. The number of rotatable bonds is 10. The maximum atomic E-state index is 3.86. The van der Waals surface area contributed by atoms with Crippen molar-refractivity contribution in [3.05, 3.63) is 72.7 Å². The van der Waals surface area contributed by atoms with Gasteiger partial charge in [-0.15, -0.1) is 11.8 Å². The number of hydrogen-bond donors (Lipinski definition) is 0. The lowest BCUT2D eigenvalue weighted by atomic mass is 10.1. The quantitative estimate of drug-likeness (QED) is 0.446. The topological polar surface area (TPSA) is 13.6 Å². The summed E-state index contributed by atoms with van der Waals surface area (Å²) in [5.74, 6) is 1.04. The van der Waals surface area contributed by atoms with Gasteiger partial charge in [-0.05, 0) is 43.6 Å². The zero-order valence-electron chi connectivity index (χ0n) is 17.7. The third kappa shape index (κ3) is 6.73. The van der Waals surface area contributed by atoms with Crippen molar-refractivity contribution < 1.29 is 4.57 Å². The fourth-order valence-corrected chi connectivity index (χ4v) is 3.94. The molecule has 0 radical (unpaired) electrons. The highest BCUT2D eigenvalue weighted by atomic mass is 32.2. The molecule has 4 nitrogen and oxygen atoms in total. The van der Waals surface area contributed by atoms with Crippen molar-refractivity contribution in [1.82, 2.24) is 9.80 Å². The first-order chi connectivity index (χ1) is 13.4. The number of nitrogens with zero attached hydrogens (tertiary/aromatic N) is 4. The van der Waals surface area contributed by atoms with E-state index in [4.69, 9.17) is 0 Å². The predicted molar refractivity (Wildman–Crippen MR) is 124 cm³/mol. The third-order valence-electron chi connectivity index (χ3n) is 4.49. The SMILES string of the molecule is C=CN(C)C(SCC[n+]1ccc(/C=C/c2ccc(N(C)C)cc2)cc1)N(C)C. The molecule has 1 heterocycles. The van der Waals surface area contributed by atoms with Crippen LogP contribution in [-0.2, 0) is 6.54 Å². The Kier molecular flexibility index (Phi) is 8.61. The van der Waals surface area contributed by atoms with E-state index >= 15 is 0 Å². The van der Waals surface area contributed by atoms with Gasteiger partial charge in [0.15, 0.2) is 18.9 Å². The number of aromatic nitrogens is 1. The van der Waals surface area contributed by atoms with Crippen molar-refractivity contribution in [3.63, 3.8) is 0 Å². The summed E-state index contributed by atoms with van der Waals surface area (Å²) < 4.78 is 2.23. The smallest absolute Gasteiger partial charge is 0.169 e. The van der Waals surface area contributed by atoms with Crippen molar-refractivity contribution in [2.24, 2.45) is 0 Å². The normalized spacial score (nSPS) is 12.4. The molecule has 0 amide bonds. The second-order valence-electron chi connectivity index (χ2n) is 7.20. The number of aryl methyl sites for hydroxylation is 1. The van der Waals surface area contributed by atoms with Crippen LogP contribution in [-0.4, -0.2) is 56.3 Å². The van der Waals surface area contributed by atoms with E-state index in [2.05, 4.69) is 122 Å². The Morgan fingerprint density at radius 1 is 0.929 bits per heavy atom. The minimum atomic E-state index is 0.305. The van der Waals surface area contributed by atoms with Crippen LogP contribution in [0.25, 0.3) is 12.2 Å². The number of anilines is 1. The maximum absolute atomic E-state index is 3.86. The van der Waals surface area contributed by atoms with Gasteiger partial charge in [0.1, 0.15) is 5.50 Å². The summed E-state index contributed by atoms with van der Waals surface area (Å²) in [4.78, 5) is 6.45. The van der Waals surface area contributed by atoms with E-state index in [9.17, 15) is 0 Å². The maximum Gasteiger partial charge on any atom is 0.169 e. The second-order valence-corrected chi connectivity index (χ2v) is 8.36. The highest BCUT2D eigenvalue weighted by Crippen LogP contribution is 2.17. The van der Waals surface area contributed by atoms with E-state index in [0.717, 1.165) is 12.3 Å². The molecule has 150 valence electrons. The van der Waals surface area contributed by atoms with Crippen LogP contribution in [0.1, 0.15) is 11.1 Å². The molecule has 0 spiro atoms. The highest BCUT2D eigenvalue weighted by molar-refractivity contribution is 7.99. The van der Waals surface area contributed by atoms with Crippen LogP contribution in [0.5, 0.6) is 0 Å². The molecule has 0 aliphatic carbocycles. The predicted octanol–water partition coefficient (Wildman–Crippen LogP) is 3.86. The molecule has 0 aliphatic rings. The minimum Gasteiger partial charge on any atom is -0.378 e. The molecular formula is C23H33N4S+. The Balaban J connectivity index is 1.88. The van der Waals surface area contributed by atoms with Gasteiger partial charge in [0, 0.05) is 39.0 Å². The Bertz CT molecular complexity index is 751. The molecule has 2 aromatic rings. The van der Waals surface area contributed by atoms with Crippen LogP contribution in [0.4, 0.5) is 5.69 Å². The molecule has 1 aromatic carbocycles. The van der Waals surface area contributed by atoms with Crippen molar-refractivity contribution in [1.29, 1.82) is 0 Å². The fourth-order valence-electron chi connectivity index (χ4n) is 2.79. The monoisotopic (exact) mass is 397 g/mol. The zero-order valence-corrected chi connectivity index (χ0v) is 18.6. The van der Waals surface area contributed by atoms with Gasteiger partial charge in [0.05, 0.1) is 5.75 Å². The molecule has 0 fully saturated rings. The fraction of sp³-hybridized carbons (Fsp3) is 0.348. The summed E-state index contributed by atoms with van der Waals surface area (Å²) in [7, 11) is 10.4. The number of hydrogen-bond acceptors (Lipinski definition) is 4. The third-order valence-corrected chi connectivity index (χ3v) is 5.96. The molecule has 0 N–H and O–H groups in total. The van der Waals surface area contributed by atoms with Gasteiger partial charge in [-0.2, -0.15) is 0 Å². The minimum absolute atomic E-state index is 0.305. The average Bonchev–Trinajstić information content (AvgIpc) is 2.70. The first-order valence-corrected chi connectivity index (χ1v) is 10.5. The summed E-state index contributed by atoms with van der Waals surface area (Å²) >= 11 is 1.91. The summed E-state index contributed by atoms with van der Waals surface area (Å²) in [5, 5.41) is 0. The van der Waals surface area contributed by atoms with Crippen molar-refractivity contribution >= 4 is 29.6 Å². The first kappa shape index (κ1) is 22.1. The standard InChI is InChI=1S/C23H33N4S/c1-7-26(6)23(25(4)5)28-19-18-27-16-14-21(15-17-27)9-8-20-10-12-22(13-11-20)24(2)3/h7-17,23H,1,18-19H2,2-6H3/q+1. The van der Waals surface area contributed by atoms with Crippen molar-refractivity contribution in [3.8, 4) is 0 Å². The van der Waals surface area contributed by atoms with E-state index in [-0.39, 0.29) is 0 Å². The van der Waals surface area contributed by atoms with Gasteiger partial charge in [-0.1, -0.05) is 30.9 Å².